The Labute approximate surface area is 69.0 Å². The van der Waals surface area contributed by atoms with E-state index in [1.807, 2.05) is 16.8 Å². The molecule has 2 N–H and O–H groups in total. The van der Waals surface area contributed by atoms with Gasteiger partial charge >= 0.3 is 0 Å². The molecule has 3 heteroatoms. The van der Waals surface area contributed by atoms with Gasteiger partial charge in [-0.2, -0.15) is 11.3 Å². The van der Waals surface area contributed by atoms with E-state index in [2.05, 4.69) is 0 Å². The first-order valence-corrected chi connectivity index (χ1v) is 4.52. The number of hydrogen-bond acceptors (Lipinski definition) is 3. The summed E-state index contributed by atoms with van der Waals surface area (Å²) in [6, 6.07) is 1.83. The summed E-state index contributed by atoms with van der Waals surface area (Å²) in [6.07, 6.45) is 1.70. The van der Waals surface area contributed by atoms with Crippen LogP contribution in [0.4, 0.5) is 0 Å². The first-order chi connectivity index (χ1) is 5.22. The maximum absolute atomic E-state index is 11.5. The lowest BCUT2D eigenvalue weighted by molar-refractivity contribution is 0.0950. The van der Waals surface area contributed by atoms with Crippen molar-refractivity contribution >= 4 is 17.1 Å². The maximum atomic E-state index is 11.5. The molecule has 58 valence electrons. The van der Waals surface area contributed by atoms with Gasteiger partial charge < -0.3 is 5.73 Å². The van der Waals surface area contributed by atoms with E-state index in [4.69, 9.17) is 5.73 Å². The molecule has 0 radical (unpaired) electrons. The largest absolute Gasteiger partial charge is 0.319 e. The lowest BCUT2D eigenvalue weighted by Gasteiger charge is -2.03. The van der Waals surface area contributed by atoms with Crippen LogP contribution in [0.25, 0.3) is 0 Å². The van der Waals surface area contributed by atoms with Gasteiger partial charge in [-0.1, -0.05) is 0 Å². The molecule has 2 nitrogen and oxygen atoms in total. The fourth-order valence-electron chi connectivity index (χ4n) is 1.04. The van der Waals surface area contributed by atoms with Crippen molar-refractivity contribution in [1.29, 1.82) is 0 Å². The van der Waals surface area contributed by atoms with Gasteiger partial charge in [0, 0.05) is 10.9 Å². The second-order valence-corrected chi connectivity index (χ2v) is 3.78. The molecule has 0 bridgehead atoms. The zero-order valence-electron chi connectivity index (χ0n) is 6.04. The molecule has 1 aromatic heterocycles. The fraction of sp³-hybridized carbons (Fsp3) is 0.375. The average Bonchev–Trinajstić information content (AvgIpc) is 2.54. The quantitative estimate of drug-likeness (QED) is 0.677. The summed E-state index contributed by atoms with van der Waals surface area (Å²) in [5.74, 6) is 0.110. The predicted molar refractivity (Wildman–Crippen MR) is 44.8 cm³/mol. The lowest BCUT2D eigenvalue weighted by Crippen LogP contribution is -2.32. The van der Waals surface area contributed by atoms with E-state index in [9.17, 15) is 4.79 Å². The second-order valence-electron chi connectivity index (χ2n) is 3.00. The Hall–Kier alpha value is -0.670. The third-order valence-corrected chi connectivity index (χ3v) is 2.71. The van der Waals surface area contributed by atoms with Crippen molar-refractivity contribution in [2.45, 2.75) is 18.4 Å². The third kappa shape index (κ3) is 1.10. The Kier molecular flexibility index (Phi) is 1.37. The lowest BCUT2D eigenvalue weighted by atomic mass is 10.1. The molecular formula is C8H9NOS. The number of rotatable bonds is 2. The molecule has 0 unspecified atom stereocenters. The van der Waals surface area contributed by atoms with Crippen LogP contribution >= 0.6 is 11.3 Å². The summed E-state index contributed by atoms with van der Waals surface area (Å²) in [5.41, 5.74) is 6.01. The van der Waals surface area contributed by atoms with E-state index >= 15 is 0 Å². The molecule has 1 aromatic rings. The molecule has 1 aliphatic rings. The molecule has 0 aliphatic heterocycles. The maximum Gasteiger partial charge on any atom is 0.183 e. The number of nitrogens with two attached hydrogens (primary N) is 1. The summed E-state index contributed by atoms with van der Waals surface area (Å²) >= 11 is 1.54. The Morgan fingerprint density at radius 3 is 2.82 bits per heavy atom. The number of carbonyl (C=O) groups excluding carboxylic acids is 1. The van der Waals surface area contributed by atoms with Gasteiger partial charge in [0.15, 0.2) is 5.78 Å². The average molecular weight is 167 g/mol. The summed E-state index contributed by atoms with van der Waals surface area (Å²) in [4.78, 5) is 11.5. The Morgan fingerprint density at radius 1 is 1.64 bits per heavy atom. The van der Waals surface area contributed by atoms with E-state index in [0.29, 0.717) is 0 Å². The van der Waals surface area contributed by atoms with Crippen LogP contribution in [0.1, 0.15) is 23.2 Å². The molecule has 0 amide bonds. The molecule has 0 saturated heterocycles. The number of thiophene rings is 1. The van der Waals surface area contributed by atoms with Gasteiger partial charge in [0.05, 0.1) is 5.54 Å². The summed E-state index contributed by atoms with van der Waals surface area (Å²) < 4.78 is 0. The van der Waals surface area contributed by atoms with Crippen molar-refractivity contribution in [1.82, 2.24) is 0 Å². The van der Waals surface area contributed by atoms with Crippen LogP contribution in [0.5, 0.6) is 0 Å². The molecule has 1 fully saturated rings. The van der Waals surface area contributed by atoms with Gasteiger partial charge in [-0.25, -0.2) is 0 Å². The topological polar surface area (TPSA) is 43.1 Å². The summed E-state index contributed by atoms with van der Waals surface area (Å²) in [6.45, 7) is 0. The van der Waals surface area contributed by atoms with Gasteiger partial charge in [-0.15, -0.1) is 0 Å². The minimum atomic E-state index is -0.499. The van der Waals surface area contributed by atoms with Crippen molar-refractivity contribution < 1.29 is 4.79 Å². The number of ketones is 1. The van der Waals surface area contributed by atoms with Crippen LogP contribution in [0.2, 0.25) is 0 Å². The molecule has 0 atom stereocenters. The number of hydrogen-bond donors (Lipinski definition) is 1. The van der Waals surface area contributed by atoms with Crippen LogP contribution in [0.3, 0.4) is 0 Å². The van der Waals surface area contributed by atoms with Gasteiger partial charge in [0.25, 0.3) is 0 Å². The fourth-order valence-corrected chi connectivity index (χ4v) is 1.68. The Morgan fingerprint density at radius 2 is 2.36 bits per heavy atom. The van der Waals surface area contributed by atoms with E-state index in [1.54, 1.807) is 0 Å². The molecule has 11 heavy (non-hydrogen) atoms. The molecule has 1 aliphatic carbocycles. The van der Waals surface area contributed by atoms with Crippen LogP contribution in [-0.4, -0.2) is 11.3 Å². The van der Waals surface area contributed by atoms with E-state index in [-0.39, 0.29) is 5.78 Å². The van der Waals surface area contributed by atoms with E-state index in [0.717, 1.165) is 18.4 Å². The van der Waals surface area contributed by atoms with Gasteiger partial charge in [0.1, 0.15) is 0 Å². The van der Waals surface area contributed by atoms with Crippen molar-refractivity contribution in [3.63, 3.8) is 0 Å². The van der Waals surface area contributed by atoms with Gasteiger partial charge in [0.2, 0.25) is 0 Å². The molecule has 1 saturated carbocycles. The minimum Gasteiger partial charge on any atom is -0.319 e. The van der Waals surface area contributed by atoms with Crippen LogP contribution in [0.15, 0.2) is 16.8 Å². The molecule has 2 rings (SSSR count). The first-order valence-electron chi connectivity index (χ1n) is 3.58. The zero-order valence-corrected chi connectivity index (χ0v) is 6.86. The zero-order chi connectivity index (χ0) is 7.90. The second kappa shape index (κ2) is 2.16. The highest BCUT2D eigenvalue weighted by Gasteiger charge is 2.45. The highest BCUT2D eigenvalue weighted by atomic mass is 32.1. The first kappa shape index (κ1) is 7.00. The van der Waals surface area contributed by atoms with Gasteiger partial charge in [-0.05, 0) is 24.3 Å². The smallest absolute Gasteiger partial charge is 0.183 e. The van der Waals surface area contributed by atoms with E-state index < -0.39 is 5.54 Å². The van der Waals surface area contributed by atoms with Crippen molar-refractivity contribution in [3.05, 3.63) is 22.4 Å². The summed E-state index contributed by atoms with van der Waals surface area (Å²) in [7, 11) is 0. The standard InChI is InChI=1S/C8H9NOS/c9-8(2-3-8)7(10)6-1-4-11-5-6/h1,4-5H,2-3,9H2. The van der Waals surface area contributed by atoms with Crippen molar-refractivity contribution in [3.8, 4) is 0 Å². The monoisotopic (exact) mass is 167 g/mol. The summed E-state index contributed by atoms with van der Waals surface area (Å²) in [5, 5.41) is 3.76. The van der Waals surface area contributed by atoms with Crippen LogP contribution in [-0.2, 0) is 0 Å². The number of Topliss-reactive ketones (excluding diaryl/α,β-unsaturated/α-hetero) is 1. The predicted octanol–water partition coefficient (Wildman–Crippen LogP) is 1.42. The van der Waals surface area contributed by atoms with E-state index in [1.165, 1.54) is 11.3 Å². The SMILES string of the molecule is NC1(C(=O)c2ccsc2)CC1. The van der Waals surface area contributed by atoms with Crippen molar-refractivity contribution in [2.24, 2.45) is 5.73 Å². The molecule has 1 heterocycles. The Balaban J connectivity index is 2.24. The normalized spacial score (nSPS) is 19.7. The van der Waals surface area contributed by atoms with Crippen LogP contribution in [0, 0.1) is 0 Å². The Bertz CT molecular complexity index is 274. The molecule has 0 aromatic carbocycles. The molecular weight excluding hydrogens is 158 g/mol. The van der Waals surface area contributed by atoms with Crippen LogP contribution < -0.4 is 5.73 Å². The minimum absolute atomic E-state index is 0.110. The highest BCUT2D eigenvalue weighted by molar-refractivity contribution is 7.08. The third-order valence-electron chi connectivity index (χ3n) is 2.02. The molecule has 0 spiro atoms. The number of carbonyl (C=O) groups is 1. The van der Waals surface area contributed by atoms with Gasteiger partial charge in [-0.3, -0.25) is 4.79 Å². The van der Waals surface area contributed by atoms with Crippen molar-refractivity contribution in [2.75, 3.05) is 0 Å². The highest BCUT2D eigenvalue weighted by Crippen LogP contribution is 2.35.